The van der Waals surface area contributed by atoms with E-state index in [4.69, 9.17) is 5.11 Å². The lowest BCUT2D eigenvalue weighted by Crippen LogP contribution is -2.37. The van der Waals surface area contributed by atoms with Gasteiger partial charge in [-0.1, -0.05) is 13.8 Å². The molecule has 0 radical (unpaired) electrons. The summed E-state index contributed by atoms with van der Waals surface area (Å²) < 4.78 is 0. The molecule has 1 aromatic rings. The molecule has 5 nitrogen and oxygen atoms in total. The van der Waals surface area contributed by atoms with Gasteiger partial charge in [-0.15, -0.1) is 11.3 Å². The number of aliphatic hydroxyl groups excluding tert-OH is 1. The molecule has 0 bridgehead atoms. The van der Waals surface area contributed by atoms with Crippen LogP contribution >= 0.6 is 11.3 Å². The Morgan fingerprint density at radius 2 is 2.10 bits per heavy atom. The molecule has 0 saturated carbocycles. The summed E-state index contributed by atoms with van der Waals surface area (Å²) in [6.07, 6.45) is 2.52. The van der Waals surface area contributed by atoms with Crippen molar-refractivity contribution in [3.8, 4) is 0 Å². The number of amides is 2. The molecule has 0 aliphatic rings. The Morgan fingerprint density at radius 1 is 1.40 bits per heavy atom. The monoisotopic (exact) mass is 299 g/mol. The summed E-state index contributed by atoms with van der Waals surface area (Å²) >= 11 is 1.62. The van der Waals surface area contributed by atoms with E-state index in [2.05, 4.69) is 15.6 Å². The van der Waals surface area contributed by atoms with E-state index in [1.807, 2.05) is 26.2 Å². The smallest absolute Gasteiger partial charge is 0.314 e. The summed E-state index contributed by atoms with van der Waals surface area (Å²) in [4.78, 5) is 15.9. The van der Waals surface area contributed by atoms with Crippen molar-refractivity contribution in [3.05, 3.63) is 16.1 Å². The highest BCUT2D eigenvalue weighted by molar-refractivity contribution is 7.09. The van der Waals surface area contributed by atoms with Gasteiger partial charge in [0.2, 0.25) is 0 Å². The number of thiazole rings is 1. The molecule has 0 aliphatic heterocycles. The molecule has 1 rings (SSSR count). The highest BCUT2D eigenvalue weighted by Gasteiger charge is 2.15. The van der Waals surface area contributed by atoms with Gasteiger partial charge in [-0.2, -0.15) is 0 Å². The van der Waals surface area contributed by atoms with Crippen LogP contribution in [0.5, 0.6) is 0 Å². The molecule has 1 heterocycles. The van der Waals surface area contributed by atoms with E-state index in [-0.39, 0.29) is 18.1 Å². The van der Waals surface area contributed by atoms with Gasteiger partial charge in [0.15, 0.2) is 0 Å². The van der Waals surface area contributed by atoms with Crippen molar-refractivity contribution in [2.75, 3.05) is 19.7 Å². The molecule has 0 saturated heterocycles. The van der Waals surface area contributed by atoms with E-state index in [1.165, 1.54) is 0 Å². The Bertz CT molecular complexity index is 418. The van der Waals surface area contributed by atoms with Gasteiger partial charge in [-0.25, -0.2) is 9.78 Å². The van der Waals surface area contributed by atoms with Gasteiger partial charge >= 0.3 is 6.03 Å². The molecule has 0 fully saturated rings. The lowest BCUT2D eigenvalue weighted by atomic mass is 9.89. The van der Waals surface area contributed by atoms with Gasteiger partial charge in [0.05, 0.1) is 10.7 Å². The second-order valence-electron chi connectivity index (χ2n) is 5.72. The number of nitrogens with zero attached hydrogens (tertiary/aromatic N) is 1. The number of aryl methyl sites for hydroxylation is 1. The quantitative estimate of drug-likeness (QED) is 0.644. The summed E-state index contributed by atoms with van der Waals surface area (Å²) in [6.45, 7) is 7.41. The molecular formula is C14H25N3O2S. The van der Waals surface area contributed by atoms with E-state index in [0.717, 1.165) is 30.0 Å². The Labute approximate surface area is 124 Å². The third kappa shape index (κ3) is 6.86. The summed E-state index contributed by atoms with van der Waals surface area (Å²) in [5, 5.41) is 17.8. The zero-order valence-corrected chi connectivity index (χ0v) is 13.3. The average Bonchev–Trinajstić information content (AvgIpc) is 2.80. The van der Waals surface area contributed by atoms with Crippen LogP contribution in [0.1, 0.15) is 37.4 Å². The van der Waals surface area contributed by atoms with Crippen LogP contribution in [0.3, 0.4) is 0 Å². The highest BCUT2D eigenvalue weighted by Crippen LogP contribution is 2.20. The Kier molecular flexibility index (Phi) is 6.95. The van der Waals surface area contributed by atoms with E-state index in [0.29, 0.717) is 13.1 Å². The molecule has 1 aromatic heterocycles. The van der Waals surface area contributed by atoms with Crippen molar-refractivity contribution >= 4 is 17.4 Å². The molecule has 20 heavy (non-hydrogen) atoms. The number of rotatable bonds is 8. The second-order valence-corrected chi connectivity index (χ2v) is 6.78. The van der Waals surface area contributed by atoms with Crippen LogP contribution in [0.25, 0.3) is 0 Å². The third-order valence-corrected chi connectivity index (χ3v) is 3.90. The van der Waals surface area contributed by atoms with Gasteiger partial charge in [-0.05, 0) is 25.2 Å². The summed E-state index contributed by atoms with van der Waals surface area (Å²) in [6, 6.07) is -0.140. The van der Waals surface area contributed by atoms with Crippen LogP contribution in [-0.2, 0) is 6.42 Å². The van der Waals surface area contributed by atoms with Crippen molar-refractivity contribution in [2.24, 2.45) is 5.41 Å². The fraction of sp³-hybridized carbons (Fsp3) is 0.714. The van der Waals surface area contributed by atoms with E-state index in [1.54, 1.807) is 11.3 Å². The van der Waals surface area contributed by atoms with Crippen LogP contribution in [-0.4, -0.2) is 35.8 Å². The minimum absolute atomic E-state index is 0.0688. The first kappa shape index (κ1) is 16.9. The summed E-state index contributed by atoms with van der Waals surface area (Å²) in [5.74, 6) is 0. The van der Waals surface area contributed by atoms with Crippen molar-refractivity contribution in [2.45, 2.75) is 40.0 Å². The van der Waals surface area contributed by atoms with E-state index < -0.39 is 0 Å². The van der Waals surface area contributed by atoms with Crippen LogP contribution in [0.2, 0.25) is 0 Å². The van der Waals surface area contributed by atoms with Crippen molar-refractivity contribution < 1.29 is 9.90 Å². The molecule has 0 aliphatic carbocycles. The topological polar surface area (TPSA) is 74.2 Å². The molecule has 0 atom stereocenters. The van der Waals surface area contributed by atoms with Gasteiger partial charge in [0, 0.05) is 31.5 Å². The third-order valence-electron chi connectivity index (χ3n) is 3.08. The van der Waals surface area contributed by atoms with Gasteiger partial charge in [0.25, 0.3) is 0 Å². The number of hydrogen-bond acceptors (Lipinski definition) is 4. The van der Waals surface area contributed by atoms with Crippen LogP contribution in [0, 0.1) is 12.3 Å². The Balaban J connectivity index is 2.06. The molecule has 6 heteroatoms. The largest absolute Gasteiger partial charge is 0.396 e. The number of aromatic nitrogens is 1. The second kappa shape index (κ2) is 8.21. The molecule has 2 amide bonds. The first-order valence-corrected chi connectivity index (χ1v) is 7.84. The van der Waals surface area contributed by atoms with Crippen molar-refractivity contribution in [1.29, 1.82) is 0 Å². The lowest BCUT2D eigenvalue weighted by molar-refractivity contribution is 0.148. The molecule has 0 unspecified atom stereocenters. The zero-order valence-electron chi connectivity index (χ0n) is 12.5. The summed E-state index contributed by atoms with van der Waals surface area (Å²) in [7, 11) is 0. The average molecular weight is 299 g/mol. The standard InChI is InChI=1S/C14H25N3O2S/c1-11-17-12(9-20-11)5-8-16-13(19)15-7-4-6-14(2,3)10-18/h9,18H,4-8,10H2,1-3H3,(H2,15,16,19). The van der Waals surface area contributed by atoms with Gasteiger partial charge in [-0.3, -0.25) is 0 Å². The minimum atomic E-state index is -0.140. The minimum Gasteiger partial charge on any atom is -0.396 e. The fourth-order valence-electron chi connectivity index (χ4n) is 1.74. The van der Waals surface area contributed by atoms with E-state index >= 15 is 0 Å². The number of carbonyl (C=O) groups excluding carboxylic acids is 1. The van der Waals surface area contributed by atoms with E-state index in [9.17, 15) is 4.79 Å². The predicted molar refractivity (Wildman–Crippen MR) is 82.1 cm³/mol. The van der Waals surface area contributed by atoms with Crippen molar-refractivity contribution in [1.82, 2.24) is 15.6 Å². The molecular weight excluding hydrogens is 274 g/mol. The van der Waals surface area contributed by atoms with Crippen LogP contribution in [0.15, 0.2) is 5.38 Å². The molecule has 3 N–H and O–H groups in total. The van der Waals surface area contributed by atoms with Crippen LogP contribution < -0.4 is 10.6 Å². The Hall–Kier alpha value is -1.14. The number of hydrogen-bond donors (Lipinski definition) is 3. The summed E-state index contributed by atoms with van der Waals surface area (Å²) in [5.41, 5.74) is 0.957. The first-order chi connectivity index (χ1) is 9.43. The number of urea groups is 1. The molecule has 114 valence electrons. The van der Waals surface area contributed by atoms with Gasteiger partial charge < -0.3 is 15.7 Å². The van der Waals surface area contributed by atoms with Crippen LogP contribution in [0.4, 0.5) is 4.79 Å². The van der Waals surface area contributed by atoms with Gasteiger partial charge in [0.1, 0.15) is 0 Å². The fourth-order valence-corrected chi connectivity index (χ4v) is 2.38. The SMILES string of the molecule is Cc1nc(CCNC(=O)NCCCC(C)(C)CO)cs1. The molecule has 0 spiro atoms. The normalized spacial score (nSPS) is 11.4. The first-order valence-electron chi connectivity index (χ1n) is 6.96. The maximum Gasteiger partial charge on any atom is 0.314 e. The maximum absolute atomic E-state index is 11.5. The predicted octanol–water partition coefficient (Wildman–Crippen LogP) is 2.09. The van der Waals surface area contributed by atoms with Crippen molar-refractivity contribution in [3.63, 3.8) is 0 Å². The Morgan fingerprint density at radius 3 is 2.70 bits per heavy atom. The maximum atomic E-state index is 11.5. The lowest BCUT2D eigenvalue weighted by Gasteiger charge is -2.21. The zero-order chi connectivity index (χ0) is 15.0. The highest BCUT2D eigenvalue weighted by atomic mass is 32.1. The number of nitrogens with one attached hydrogen (secondary N) is 2. The number of carbonyl (C=O) groups is 1. The molecule has 0 aromatic carbocycles. The number of aliphatic hydroxyl groups is 1.